The Bertz CT molecular complexity index is 2670. The number of halogens is 1. The number of hydrogen-bond donors (Lipinski definition) is 3. The van der Waals surface area contributed by atoms with Crippen molar-refractivity contribution in [2.45, 2.75) is 155 Å². The first-order valence-corrected chi connectivity index (χ1v) is 32.3. The van der Waals surface area contributed by atoms with E-state index in [1.54, 1.807) is 0 Å². The van der Waals surface area contributed by atoms with E-state index in [4.69, 9.17) is 23.7 Å². The number of hydrogen-bond acceptors (Lipinski definition) is 17. The van der Waals surface area contributed by atoms with Crippen molar-refractivity contribution in [3.8, 4) is 11.1 Å². The van der Waals surface area contributed by atoms with Crippen molar-refractivity contribution < 1.29 is 62.0 Å². The summed E-state index contributed by atoms with van der Waals surface area (Å²) in [4.78, 5) is 115. The number of nitrogens with one attached hydrogen (secondary N) is 3. The van der Waals surface area contributed by atoms with E-state index in [1.165, 1.54) is 12.7 Å². The van der Waals surface area contributed by atoms with Gasteiger partial charge >= 0.3 is 30.0 Å². The van der Waals surface area contributed by atoms with E-state index in [-0.39, 0.29) is 81.7 Å². The topological polar surface area (TPSA) is 232 Å². The van der Waals surface area contributed by atoms with Gasteiger partial charge in [0, 0.05) is 87.8 Å². The van der Waals surface area contributed by atoms with Gasteiger partial charge in [-0.3, -0.25) is 53.2 Å². The molecule has 1 saturated heterocycles. The number of benzene rings is 3. The lowest BCUT2D eigenvalue weighted by molar-refractivity contribution is -0.158. The Balaban J connectivity index is 1.22. The predicted molar refractivity (Wildman–Crippen MR) is 346 cm³/mol. The third-order valence-electron chi connectivity index (χ3n) is 14.9. The molecule has 1 fully saturated rings. The summed E-state index contributed by atoms with van der Waals surface area (Å²) in [5.41, 5.74) is 3.31. The van der Waals surface area contributed by atoms with Crippen LogP contribution in [0.2, 0.25) is 0 Å². The number of aryl methyl sites for hydroxylation is 1. The molecule has 0 aromatic heterocycles. The van der Waals surface area contributed by atoms with Crippen LogP contribution in [0.1, 0.15) is 143 Å². The van der Waals surface area contributed by atoms with Crippen LogP contribution < -0.4 is 16.0 Å². The van der Waals surface area contributed by atoms with Crippen molar-refractivity contribution in [3.05, 3.63) is 93.1 Å². The Labute approximate surface area is 535 Å². The summed E-state index contributed by atoms with van der Waals surface area (Å²) in [5.74, 6) is -3.38. The van der Waals surface area contributed by atoms with Gasteiger partial charge in [-0.1, -0.05) is 67.1 Å². The van der Waals surface area contributed by atoms with Gasteiger partial charge in [0.05, 0.1) is 45.2 Å². The molecule has 20 nitrogen and oxygen atoms in total. The second kappa shape index (κ2) is 36.0. The maximum Gasteiger partial charge on any atom is 0.407 e. The lowest BCUT2D eigenvalue weighted by Crippen LogP contribution is -2.50. The minimum atomic E-state index is -1.02. The van der Waals surface area contributed by atoms with Gasteiger partial charge in [0.15, 0.2) is 5.78 Å². The summed E-state index contributed by atoms with van der Waals surface area (Å²) in [6.07, 6.45) is 3.50. The number of carbonyl (C=O) groups is 8. The Hall–Kier alpha value is -6.01. The molecular weight excluding hydrogens is 1240 g/mol. The monoisotopic (exact) mass is 1340 g/mol. The Morgan fingerprint density at radius 1 is 0.545 bits per heavy atom. The number of unbranched alkanes of at least 4 members (excludes halogenated alkanes) is 2. The molecule has 486 valence electrons. The molecule has 0 bridgehead atoms. The Morgan fingerprint density at radius 2 is 0.977 bits per heavy atom. The number of alkyl carbamates (subject to hydrolysis) is 1. The molecule has 88 heavy (non-hydrogen) atoms. The van der Waals surface area contributed by atoms with Gasteiger partial charge < -0.3 is 39.6 Å². The van der Waals surface area contributed by atoms with Crippen molar-refractivity contribution in [1.82, 2.24) is 35.6 Å². The summed E-state index contributed by atoms with van der Waals surface area (Å²) in [5, 5.41) is 8.83. The first kappa shape index (κ1) is 72.7. The molecule has 0 radical (unpaired) electrons. The van der Waals surface area contributed by atoms with Crippen molar-refractivity contribution in [2.24, 2.45) is 5.92 Å². The van der Waals surface area contributed by atoms with Crippen molar-refractivity contribution in [3.63, 3.8) is 0 Å². The summed E-state index contributed by atoms with van der Waals surface area (Å²) in [6, 6.07) is 23.2. The van der Waals surface area contributed by atoms with E-state index >= 15 is 0 Å². The molecule has 3 aromatic carbocycles. The number of ketones is 1. The van der Waals surface area contributed by atoms with Crippen LogP contribution in [0, 0.1) is 9.49 Å². The highest BCUT2D eigenvalue weighted by molar-refractivity contribution is 14.1. The molecule has 3 amide bonds. The van der Waals surface area contributed by atoms with E-state index in [1.807, 2.05) is 143 Å². The standard InChI is InChI=1S/C67H98IN7O13/c1-65(2,3)86-60(79)44-73-36-34-72(35-37-74(45-61(80)87-66(4,5)6)39-41-75(40-38-73)46-62(81)88-67(7,8)9)43-59(78)70-33-18-16-26-56(71-64(83)85-47-55-53-24-13-11-22-51(53)52-23-12-14-25-54(52)55)57(76)42-49(63(82)84-10)21-15-17-32-69-58(77)27-19-20-48-28-30-50(68)31-29-48/h11-14,22-25,28-31,49,55-56H,15-21,26-27,32-47H2,1-10H3,(H,69,77)(H,70,78)(H,71,83). The molecule has 1 aliphatic carbocycles. The molecule has 2 aliphatic rings. The summed E-state index contributed by atoms with van der Waals surface area (Å²) >= 11 is 2.27. The van der Waals surface area contributed by atoms with Crippen LogP contribution in [0.3, 0.4) is 0 Å². The SMILES string of the molecule is COC(=O)C(CCCCNC(=O)CCCc1ccc(I)cc1)CC(=O)C(CCCCNC(=O)CN1CCN(CC(=O)OC(C)(C)C)CCN(CC(=O)OC(C)(C)C)CCN(CC(=O)OC(C)(C)C)CC1)NC(=O)OCC1c2ccccc2-c2ccccc21. The largest absolute Gasteiger partial charge is 0.469 e. The van der Waals surface area contributed by atoms with E-state index < -0.39 is 52.8 Å². The number of amides is 3. The van der Waals surface area contributed by atoms with Crippen LogP contribution in [-0.4, -0.2) is 195 Å². The summed E-state index contributed by atoms with van der Waals surface area (Å²) in [7, 11) is 1.28. The molecular formula is C67H98IN7O13. The number of carbonyl (C=O) groups excluding carboxylic acids is 8. The normalized spacial score (nSPS) is 15.7. The van der Waals surface area contributed by atoms with Gasteiger partial charge in [0.2, 0.25) is 11.8 Å². The van der Waals surface area contributed by atoms with Gasteiger partial charge in [-0.15, -0.1) is 0 Å². The second-order valence-electron chi connectivity index (χ2n) is 25.9. The number of fused-ring (bicyclic) bond motifs is 3. The van der Waals surface area contributed by atoms with Crippen LogP contribution in [0.5, 0.6) is 0 Å². The van der Waals surface area contributed by atoms with E-state index in [2.05, 4.69) is 50.7 Å². The lowest BCUT2D eigenvalue weighted by atomic mass is 9.92. The molecule has 2 atom stereocenters. The minimum Gasteiger partial charge on any atom is -0.469 e. The van der Waals surface area contributed by atoms with E-state index in [0.29, 0.717) is 97.4 Å². The molecule has 2 unspecified atom stereocenters. The third-order valence-corrected chi connectivity index (χ3v) is 15.7. The van der Waals surface area contributed by atoms with Gasteiger partial charge in [-0.05, 0) is 170 Å². The van der Waals surface area contributed by atoms with Gasteiger partial charge in [0.25, 0.3) is 0 Å². The quantitative estimate of drug-likeness (QED) is 0.0258. The van der Waals surface area contributed by atoms with Crippen LogP contribution in [0.25, 0.3) is 11.1 Å². The molecule has 1 aliphatic heterocycles. The third kappa shape index (κ3) is 27.8. The number of nitrogens with zero attached hydrogens (tertiary/aromatic N) is 4. The maximum atomic E-state index is 14.3. The molecule has 3 aromatic rings. The van der Waals surface area contributed by atoms with Gasteiger partial charge in [-0.2, -0.15) is 0 Å². The lowest BCUT2D eigenvalue weighted by Gasteiger charge is -2.34. The molecule has 3 N–H and O–H groups in total. The zero-order valence-electron chi connectivity index (χ0n) is 53.8. The van der Waals surface area contributed by atoms with Crippen LogP contribution in [0.4, 0.5) is 4.79 Å². The first-order chi connectivity index (χ1) is 41.6. The molecule has 5 rings (SSSR count). The zero-order valence-corrected chi connectivity index (χ0v) is 56.0. The number of methoxy groups -OCH3 is 1. The highest BCUT2D eigenvalue weighted by Gasteiger charge is 2.32. The number of ether oxygens (including phenoxy) is 5. The van der Waals surface area contributed by atoms with Crippen LogP contribution >= 0.6 is 22.6 Å². The van der Waals surface area contributed by atoms with Crippen molar-refractivity contribution in [2.75, 3.05) is 105 Å². The fourth-order valence-corrected chi connectivity index (χ4v) is 11.1. The van der Waals surface area contributed by atoms with Crippen LogP contribution in [-0.2, 0) is 63.7 Å². The fraction of sp³-hybridized carbons (Fsp3) is 0.612. The average Bonchev–Trinajstić information content (AvgIpc) is 2.07. The highest BCUT2D eigenvalue weighted by atomic mass is 127. The maximum absolute atomic E-state index is 14.3. The van der Waals surface area contributed by atoms with Crippen molar-refractivity contribution >= 4 is 70.2 Å². The molecule has 21 heteroatoms. The fourth-order valence-electron chi connectivity index (χ4n) is 10.7. The first-order valence-electron chi connectivity index (χ1n) is 31.2. The Kier molecular flexibility index (Phi) is 29.7. The van der Waals surface area contributed by atoms with Gasteiger partial charge in [0.1, 0.15) is 23.4 Å². The average molecular weight is 1340 g/mol. The number of esters is 4. The van der Waals surface area contributed by atoms with Crippen molar-refractivity contribution in [1.29, 1.82) is 0 Å². The minimum absolute atomic E-state index is 0.00536. The smallest absolute Gasteiger partial charge is 0.407 e. The van der Waals surface area contributed by atoms with Gasteiger partial charge in [-0.25, -0.2) is 4.79 Å². The van der Waals surface area contributed by atoms with E-state index in [9.17, 15) is 38.4 Å². The zero-order chi connectivity index (χ0) is 64.4. The summed E-state index contributed by atoms with van der Waals surface area (Å²) in [6.45, 7) is 20.1. The number of Topliss-reactive ketones (excluding diaryl/α,β-unsaturated/α-hetero) is 1. The highest BCUT2D eigenvalue weighted by Crippen LogP contribution is 2.44. The second-order valence-corrected chi connectivity index (χ2v) is 27.2. The predicted octanol–water partition coefficient (Wildman–Crippen LogP) is 8.09. The molecule has 1 heterocycles. The molecule has 0 spiro atoms. The number of rotatable bonds is 29. The van der Waals surface area contributed by atoms with Crippen LogP contribution in [0.15, 0.2) is 72.8 Å². The molecule has 0 saturated carbocycles. The van der Waals surface area contributed by atoms with E-state index in [0.717, 1.165) is 38.7 Å². The summed E-state index contributed by atoms with van der Waals surface area (Å²) < 4.78 is 29.3. The Morgan fingerprint density at radius 3 is 1.43 bits per heavy atom.